The van der Waals surface area contributed by atoms with Crippen LogP contribution in [0.5, 0.6) is 0 Å². The van der Waals surface area contributed by atoms with Gasteiger partial charge < -0.3 is 14.6 Å². The summed E-state index contributed by atoms with van der Waals surface area (Å²) in [6.45, 7) is 2.21. The zero-order valence-corrected chi connectivity index (χ0v) is 13.7. The molecule has 1 aromatic rings. The van der Waals surface area contributed by atoms with E-state index in [1.807, 2.05) is 24.3 Å². The monoisotopic (exact) mass is 325 g/mol. The Bertz CT molecular complexity index is 499. The summed E-state index contributed by atoms with van der Waals surface area (Å²) < 4.78 is 11.4. The summed E-state index contributed by atoms with van der Waals surface area (Å²) in [7, 11) is 1.78. The fraction of sp³-hybridized carbons (Fsp3) is 0.647. The van der Waals surface area contributed by atoms with Crippen LogP contribution in [-0.2, 0) is 9.47 Å². The van der Waals surface area contributed by atoms with Crippen LogP contribution in [0.3, 0.4) is 0 Å². The van der Waals surface area contributed by atoms with Crippen LogP contribution in [0, 0.1) is 0 Å². The first-order chi connectivity index (χ1) is 10.7. The Morgan fingerprint density at radius 2 is 2.32 bits per heavy atom. The van der Waals surface area contributed by atoms with Gasteiger partial charge in [-0.1, -0.05) is 23.7 Å². The van der Waals surface area contributed by atoms with Crippen molar-refractivity contribution in [3.8, 4) is 0 Å². The number of morpholine rings is 1. The van der Waals surface area contributed by atoms with E-state index < -0.39 is 6.10 Å². The second-order valence-electron chi connectivity index (χ2n) is 6.21. The molecule has 1 aliphatic carbocycles. The third kappa shape index (κ3) is 3.63. The van der Waals surface area contributed by atoms with Crippen molar-refractivity contribution in [1.82, 2.24) is 4.90 Å². The van der Waals surface area contributed by atoms with E-state index in [9.17, 15) is 5.11 Å². The number of rotatable bonds is 4. The molecule has 1 saturated heterocycles. The highest BCUT2D eigenvalue weighted by molar-refractivity contribution is 6.30. The molecule has 1 aromatic carbocycles. The zero-order valence-electron chi connectivity index (χ0n) is 13.0. The van der Waals surface area contributed by atoms with E-state index in [-0.39, 0.29) is 6.10 Å². The lowest BCUT2D eigenvalue weighted by Gasteiger charge is -2.46. The van der Waals surface area contributed by atoms with E-state index in [1.54, 1.807) is 7.11 Å². The number of hydrogen-bond acceptors (Lipinski definition) is 4. The first-order valence-corrected chi connectivity index (χ1v) is 8.37. The molecule has 1 N–H and O–H groups in total. The molecule has 0 bridgehead atoms. The van der Waals surface area contributed by atoms with E-state index in [4.69, 9.17) is 21.1 Å². The normalized spacial score (nSPS) is 30.8. The van der Waals surface area contributed by atoms with E-state index in [0.29, 0.717) is 23.7 Å². The standard InChI is InChI=1S/C17H24ClNO3/c1-21-14-5-6-17-15(10-14)19(7-8-22-17)11-16(20)12-3-2-4-13(18)9-12/h2-4,9,14-17,20H,5-8,10-11H2,1H3/t14-,15-,16+,17+/m1/s1. The average molecular weight is 326 g/mol. The van der Waals surface area contributed by atoms with E-state index in [2.05, 4.69) is 4.90 Å². The maximum absolute atomic E-state index is 10.5. The van der Waals surface area contributed by atoms with Gasteiger partial charge in [0.05, 0.1) is 24.9 Å². The number of nitrogens with zero attached hydrogens (tertiary/aromatic N) is 1. The van der Waals surface area contributed by atoms with Crippen LogP contribution in [-0.4, -0.2) is 55.1 Å². The molecule has 4 atom stereocenters. The fourth-order valence-electron chi connectivity index (χ4n) is 3.63. The number of hydrogen-bond donors (Lipinski definition) is 1. The van der Waals surface area contributed by atoms with Gasteiger partial charge in [-0.25, -0.2) is 0 Å². The molecule has 1 saturated carbocycles. The molecular formula is C17H24ClNO3. The summed E-state index contributed by atoms with van der Waals surface area (Å²) in [4.78, 5) is 2.35. The van der Waals surface area contributed by atoms with Crippen molar-refractivity contribution in [2.75, 3.05) is 26.8 Å². The van der Waals surface area contributed by atoms with Crippen molar-refractivity contribution in [3.05, 3.63) is 34.9 Å². The largest absolute Gasteiger partial charge is 0.387 e. The highest BCUT2D eigenvalue weighted by Gasteiger charge is 2.38. The third-order valence-corrected chi connectivity index (χ3v) is 5.10. The Morgan fingerprint density at radius 3 is 3.09 bits per heavy atom. The first kappa shape index (κ1) is 16.2. The lowest BCUT2D eigenvalue weighted by atomic mass is 9.87. The number of β-amino-alcohol motifs (C(OH)–C–C–N with tert-alkyl or cyclic N) is 1. The Kier molecular flexibility index (Phi) is 5.37. The minimum Gasteiger partial charge on any atom is -0.387 e. The van der Waals surface area contributed by atoms with Crippen LogP contribution in [0.1, 0.15) is 30.9 Å². The lowest BCUT2D eigenvalue weighted by Crippen LogP contribution is -2.55. The second kappa shape index (κ2) is 7.28. The third-order valence-electron chi connectivity index (χ3n) is 4.86. The molecule has 2 aliphatic rings. The molecule has 4 nitrogen and oxygen atoms in total. The lowest BCUT2D eigenvalue weighted by molar-refractivity contribution is -0.120. The maximum atomic E-state index is 10.5. The topological polar surface area (TPSA) is 41.9 Å². The molecule has 1 heterocycles. The van der Waals surface area contributed by atoms with E-state index in [1.165, 1.54) is 0 Å². The summed E-state index contributed by atoms with van der Waals surface area (Å²) in [5.74, 6) is 0. The van der Waals surface area contributed by atoms with Gasteiger partial charge in [0.15, 0.2) is 0 Å². The van der Waals surface area contributed by atoms with Gasteiger partial charge in [0.25, 0.3) is 0 Å². The Morgan fingerprint density at radius 1 is 1.45 bits per heavy atom. The molecule has 122 valence electrons. The molecule has 2 fully saturated rings. The average Bonchev–Trinajstić information content (AvgIpc) is 2.54. The summed E-state index contributed by atoms with van der Waals surface area (Å²) in [5.41, 5.74) is 0.870. The number of aliphatic hydroxyl groups excluding tert-OH is 1. The van der Waals surface area contributed by atoms with Gasteiger partial charge >= 0.3 is 0 Å². The molecule has 22 heavy (non-hydrogen) atoms. The molecule has 0 aromatic heterocycles. The van der Waals surface area contributed by atoms with E-state index >= 15 is 0 Å². The van der Waals surface area contributed by atoms with Crippen LogP contribution >= 0.6 is 11.6 Å². The highest BCUT2D eigenvalue weighted by atomic mass is 35.5. The van der Waals surface area contributed by atoms with Gasteiger partial charge in [-0.2, -0.15) is 0 Å². The van der Waals surface area contributed by atoms with Crippen LogP contribution < -0.4 is 0 Å². The number of halogens is 1. The van der Waals surface area contributed by atoms with Crippen molar-refractivity contribution < 1.29 is 14.6 Å². The maximum Gasteiger partial charge on any atom is 0.0917 e. The molecule has 0 amide bonds. The van der Waals surface area contributed by atoms with Crippen molar-refractivity contribution >= 4 is 11.6 Å². The Hall–Kier alpha value is -0.650. The zero-order chi connectivity index (χ0) is 15.5. The number of ether oxygens (including phenoxy) is 2. The minimum absolute atomic E-state index is 0.270. The van der Waals surface area contributed by atoms with Crippen molar-refractivity contribution in [2.24, 2.45) is 0 Å². The predicted molar refractivity (Wildman–Crippen MR) is 86.2 cm³/mol. The molecule has 0 spiro atoms. The smallest absolute Gasteiger partial charge is 0.0917 e. The van der Waals surface area contributed by atoms with Gasteiger partial charge in [0.1, 0.15) is 0 Å². The van der Waals surface area contributed by atoms with Gasteiger partial charge in [-0.05, 0) is 37.0 Å². The van der Waals surface area contributed by atoms with Crippen molar-refractivity contribution in [1.29, 1.82) is 0 Å². The molecular weight excluding hydrogens is 302 g/mol. The van der Waals surface area contributed by atoms with E-state index in [0.717, 1.165) is 38.0 Å². The molecule has 3 rings (SSSR count). The van der Waals surface area contributed by atoms with Crippen LogP contribution in [0.15, 0.2) is 24.3 Å². The number of aliphatic hydroxyl groups is 1. The predicted octanol–water partition coefficient (Wildman–Crippen LogP) is 2.64. The van der Waals surface area contributed by atoms with Crippen LogP contribution in [0.2, 0.25) is 5.02 Å². The van der Waals surface area contributed by atoms with Crippen LogP contribution in [0.25, 0.3) is 0 Å². The first-order valence-electron chi connectivity index (χ1n) is 7.99. The molecule has 1 aliphatic heterocycles. The fourth-order valence-corrected chi connectivity index (χ4v) is 3.83. The SMILES string of the molecule is CO[C@@H]1CC[C@@H]2OCCN(C[C@H](O)c3cccc(Cl)c3)[C@@H]2C1. The Labute approximate surface area is 137 Å². The van der Waals surface area contributed by atoms with Crippen molar-refractivity contribution in [3.63, 3.8) is 0 Å². The second-order valence-corrected chi connectivity index (χ2v) is 6.65. The van der Waals surface area contributed by atoms with Crippen molar-refractivity contribution in [2.45, 2.75) is 43.6 Å². The van der Waals surface area contributed by atoms with Gasteiger partial charge in [0.2, 0.25) is 0 Å². The van der Waals surface area contributed by atoms with Gasteiger partial charge in [0, 0.05) is 31.3 Å². The quantitative estimate of drug-likeness (QED) is 0.924. The molecule has 0 radical (unpaired) electrons. The summed E-state index contributed by atoms with van der Waals surface area (Å²) >= 11 is 6.02. The summed E-state index contributed by atoms with van der Waals surface area (Å²) in [5, 5.41) is 11.2. The molecule has 5 heteroatoms. The Balaban J connectivity index is 1.67. The minimum atomic E-state index is -0.527. The van der Waals surface area contributed by atoms with Gasteiger partial charge in [-0.3, -0.25) is 4.90 Å². The number of methoxy groups -OCH3 is 1. The number of benzene rings is 1. The summed E-state index contributed by atoms with van der Waals surface area (Å²) in [6.07, 6.45) is 3.11. The molecule has 0 unspecified atom stereocenters. The number of fused-ring (bicyclic) bond motifs is 1. The summed E-state index contributed by atoms with van der Waals surface area (Å²) in [6, 6.07) is 7.80. The van der Waals surface area contributed by atoms with Gasteiger partial charge in [-0.15, -0.1) is 0 Å². The highest BCUT2D eigenvalue weighted by Crippen LogP contribution is 2.31. The van der Waals surface area contributed by atoms with Crippen LogP contribution in [0.4, 0.5) is 0 Å².